The number of hydrogen-bond donors (Lipinski definition) is 2. The van der Waals surface area contributed by atoms with E-state index < -0.39 is 6.04 Å². The standard InChI is InChI=1S/C25H28N4O5/c1-15(30)28-9-6-16(7-10-28)23(31)26-18-8-11-29-21(14-18)24(32)27-20-5-4-17(13-19(20)25(29)33)22-3-2-12-34-22/h2-5,12-13,16,18,21H,6-11,14H2,1H3,(H,26,31)(H,27,32)/t18-,21-/m0/s1. The SMILES string of the molecule is CC(=O)N1CCC(C(=O)N[C@H]2CCN3C(=O)c4cc(-c5ccco5)ccc4NC(=O)[C@@H]3C2)CC1. The number of fused-ring (bicyclic) bond motifs is 2. The molecule has 2 N–H and O–H groups in total. The van der Waals surface area contributed by atoms with Crippen molar-refractivity contribution in [3.8, 4) is 11.3 Å². The highest BCUT2D eigenvalue weighted by Gasteiger charge is 2.41. The van der Waals surface area contributed by atoms with Gasteiger partial charge >= 0.3 is 0 Å². The van der Waals surface area contributed by atoms with Crippen molar-refractivity contribution in [3.63, 3.8) is 0 Å². The van der Waals surface area contributed by atoms with E-state index in [4.69, 9.17) is 4.42 Å². The predicted octanol–water partition coefficient (Wildman–Crippen LogP) is 2.25. The van der Waals surface area contributed by atoms with Crippen molar-refractivity contribution < 1.29 is 23.6 Å². The number of anilines is 1. The van der Waals surface area contributed by atoms with Crippen LogP contribution in [-0.2, 0) is 14.4 Å². The van der Waals surface area contributed by atoms with Crippen molar-refractivity contribution in [2.45, 2.75) is 44.7 Å². The molecule has 1 aromatic heterocycles. The van der Waals surface area contributed by atoms with E-state index in [1.807, 2.05) is 12.1 Å². The molecular weight excluding hydrogens is 436 g/mol. The molecule has 2 saturated heterocycles. The van der Waals surface area contributed by atoms with Crippen LogP contribution < -0.4 is 10.6 Å². The summed E-state index contributed by atoms with van der Waals surface area (Å²) in [6.45, 7) is 3.10. The molecule has 0 bridgehead atoms. The molecule has 5 rings (SSSR count). The van der Waals surface area contributed by atoms with Crippen LogP contribution in [0.1, 0.15) is 43.0 Å². The third kappa shape index (κ3) is 4.18. The number of carbonyl (C=O) groups excluding carboxylic acids is 4. The third-order valence-corrected chi connectivity index (χ3v) is 7.14. The molecule has 3 aliphatic rings. The fraction of sp³-hybridized carbons (Fsp3) is 0.440. The number of nitrogens with zero attached hydrogens (tertiary/aromatic N) is 2. The monoisotopic (exact) mass is 464 g/mol. The lowest BCUT2D eigenvalue weighted by molar-refractivity contribution is -0.134. The lowest BCUT2D eigenvalue weighted by atomic mass is 9.92. The van der Waals surface area contributed by atoms with E-state index in [1.54, 1.807) is 41.2 Å². The number of rotatable bonds is 3. The zero-order valence-corrected chi connectivity index (χ0v) is 19.1. The number of likely N-dealkylation sites (tertiary alicyclic amines) is 1. The molecule has 4 heterocycles. The number of amides is 4. The second-order valence-electron chi connectivity index (χ2n) is 9.25. The number of carbonyl (C=O) groups is 4. The maximum absolute atomic E-state index is 13.4. The third-order valence-electron chi connectivity index (χ3n) is 7.14. The maximum Gasteiger partial charge on any atom is 0.256 e. The molecule has 9 nitrogen and oxygen atoms in total. The van der Waals surface area contributed by atoms with Gasteiger partial charge in [-0.1, -0.05) is 0 Å². The molecule has 34 heavy (non-hydrogen) atoms. The Balaban J connectivity index is 1.26. The summed E-state index contributed by atoms with van der Waals surface area (Å²) in [5.74, 6) is 0.0708. The maximum atomic E-state index is 13.4. The minimum Gasteiger partial charge on any atom is -0.464 e. The number of hydrogen-bond acceptors (Lipinski definition) is 5. The van der Waals surface area contributed by atoms with Gasteiger partial charge in [-0.05, 0) is 56.0 Å². The summed E-state index contributed by atoms with van der Waals surface area (Å²) < 4.78 is 5.45. The highest BCUT2D eigenvalue weighted by Crippen LogP contribution is 2.32. The van der Waals surface area contributed by atoms with Crippen molar-refractivity contribution >= 4 is 29.3 Å². The van der Waals surface area contributed by atoms with Gasteiger partial charge < -0.3 is 24.9 Å². The van der Waals surface area contributed by atoms with Gasteiger partial charge in [-0.25, -0.2) is 0 Å². The molecule has 178 valence electrons. The smallest absolute Gasteiger partial charge is 0.256 e. The number of nitrogens with one attached hydrogen (secondary N) is 2. The van der Waals surface area contributed by atoms with E-state index in [-0.39, 0.29) is 35.6 Å². The first kappa shape index (κ1) is 22.2. The summed E-state index contributed by atoms with van der Waals surface area (Å²) >= 11 is 0. The van der Waals surface area contributed by atoms with Crippen LogP contribution in [-0.4, -0.2) is 65.1 Å². The zero-order chi connectivity index (χ0) is 23.8. The van der Waals surface area contributed by atoms with Gasteiger partial charge in [0.15, 0.2) is 0 Å². The van der Waals surface area contributed by atoms with Crippen LogP contribution in [0.3, 0.4) is 0 Å². The fourth-order valence-corrected chi connectivity index (χ4v) is 5.16. The van der Waals surface area contributed by atoms with Crippen LogP contribution >= 0.6 is 0 Å². The highest BCUT2D eigenvalue weighted by atomic mass is 16.3. The van der Waals surface area contributed by atoms with E-state index in [1.165, 1.54) is 0 Å². The van der Waals surface area contributed by atoms with Crippen LogP contribution in [0.2, 0.25) is 0 Å². The Hall–Kier alpha value is -3.62. The zero-order valence-electron chi connectivity index (χ0n) is 19.1. The van der Waals surface area contributed by atoms with Crippen molar-refractivity contribution in [3.05, 3.63) is 42.2 Å². The topological polar surface area (TPSA) is 112 Å². The molecule has 0 aliphatic carbocycles. The Morgan fingerprint density at radius 3 is 2.59 bits per heavy atom. The summed E-state index contributed by atoms with van der Waals surface area (Å²) in [5.41, 5.74) is 1.68. The van der Waals surface area contributed by atoms with Crippen LogP contribution in [0.5, 0.6) is 0 Å². The Kier molecular flexibility index (Phi) is 5.85. The normalized spacial score (nSPS) is 23.0. The van der Waals surface area contributed by atoms with Gasteiger partial charge in [-0.3, -0.25) is 19.2 Å². The summed E-state index contributed by atoms with van der Waals surface area (Å²) in [5, 5.41) is 5.99. The average molecular weight is 465 g/mol. The van der Waals surface area contributed by atoms with E-state index >= 15 is 0 Å². The van der Waals surface area contributed by atoms with E-state index in [9.17, 15) is 19.2 Å². The number of piperidine rings is 2. The Morgan fingerprint density at radius 1 is 1.09 bits per heavy atom. The van der Waals surface area contributed by atoms with Crippen molar-refractivity contribution in [1.82, 2.24) is 15.1 Å². The van der Waals surface area contributed by atoms with Gasteiger partial charge in [-0.2, -0.15) is 0 Å². The van der Waals surface area contributed by atoms with Gasteiger partial charge in [0.05, 0.1) is 17.5 Å². The molecule has 0 spiro atoms. The second-order valence-corrected chi connectivity index (χ2v) is 9.25. The molecule has 2 atom stereocenters. The summed E-state index contributed by atoms with van der Waals surface area (Å²) in [4.78, 5) is 54.2. The Bertz CT molecular complexity index is 1120. The van der Waals surface area contributed by atoms with Crippen LogP contribution in [0.4, 0.5) is 5.69 Å². The van der Waals surface area contributed by atoms with E-state index in [2.05, 4.69) is 10.6 Å². The molecule has 9 heteroatoms. The van der Waals surface area contributed by atoms with Crippen LogP contribution in [0.25, 0.3) is 11.3 Å². The average Bonchev–Trinajstić information content (AvgIpc) is 3.36. The summed E-state index contributed by atoms with van der Waals surface area (Å²) in [7, 11) is 0. The van der Waals surface area contributed by atoms with E-state index in [0.717, 1.165) is 5.56 Å². The first-order chi connectivity index (χ1) is 16.4. The predicted molar refractivity (Wildman–Crippen MR) is 124 cm³/mol. The highest BCUT2D eigenvalue weighted by molar-refractivity contribution is 6.10. The molecule has 1 aromatic carbocycles. The largest absolute Gasteiger partial charge is 0.464 e. The first-order valence-electron chi connectivity index (χ1n) is 11.8. The van der Waals surface area contributed by atoms with Gasteiger partial charge in [-0.15, -0.1) is 0 Å². The molecule has 2 aromatic rings. The molecule has 0 saturated carbocycles. The Labute approximate surface area is 197 Å². The fourth-order valence-electron chi connectivity index (χ4n) is 5.16. The van der Waals surface area contributed by atoms with Gasteiger partial charge in [0, 0.05) is 44.1 Å². The van der Waals surface area contributed by atoms with Gasteiger partial charge in [0.2, 0.25) is 17.7 Å². The van der Waals surface area contributed by atoms with Crippen molar-refractivity contribution in [1.29, 1.82) is 0 Å². The molecule has 0 radical (unpaired) electrons. The molecule has 2 fully saturated rings. The molecular formula is C25H28N4O5. The van der Waals surface area contributed by atoms with Crippen molar-refractivity contribution in [2.75, 3.05) is 25.0 Å². The van der Waals surface area contributed by atoms with Gasteiger partial charge in [0.25, 0.3) is 5.91 Å². The minimum atomic E-state index is -0.648. The summed E-state index contributed by atoms with van der Waals surface area (Å²) in [6, 6.07) is 8.07. The molecule has 0 unspecified atom stereocenters. The quantitative estimate of drug-likeness (QED) is 0.724. The van der Waals surface area contributed by atoms with Crippen LogP contribution in [0, 0.1) is 5.92 Å². The van der Waals surface area contributed by atoms with Crippen LogP contribution in [0.15, 0.2) is 41.0 Å². The first-order valence-corrected chi connectivity index (χ1v) is 11.8. The summed E-state index contributed by atoms with van der Waals surface area (Å²) in [6.07, 6.45) is 3.81. The lowest BCUT2D eigenvalue weighted by Gasteiger charge is -2.38. The van der Waals surface area contributed by atoms with E-state index in [0.29, 0.717) is 62.3 Å². The van der Waals surface area contributed by atoms with Gasteiger partial charge in [0.1, 0.15) is 11.8 Å². The molecule has 3 aliphatic heterocycles. The minimum absolute atomic E-state index is 0.0339. The molecule has 4 amide bonds. The lowest BCUT2D eigenvalue weighted by Crippen LogP contribution is -2.55. The number of furan rings is 1. The number of benzene rings is 1. The Morgan fingerprint density at radius 2 is 1.88 bits per heavy atom. The second kappa shape index (κ2) is 8.96. The van der Waals surface area contributed by atoms with Crippen molar-refractivity contribution in [2.24, 2.45) is 5.92 Å².